The Morgan fingerprint density at radius 1 is 1.53 bits per heavy atom. The van der Waals surface area contributed by atoms with Crippen LogP contribution >= 0.6 is 0 Å². The predicted octanol–water partition coefficient (Wildman–Crippen LogP) is -2.45. The summed E-state index contributed by atoms with van der Waals surface area (Å²) in [5.41, 5.74) is 0. The van der Waals surface area contributed by atoms with E-state index in [0.717, 1.165) is 5.76 Å². The van der Waals surface area contributed by atoms with Gasteiger partial charge in [-0.2, -0.15) is 0 Å². The molecule has 1 N–H and O–H groups in total. The largest absolute Gasteiger partial charge is 1.00 e. The van der Waals surface area contributed by atoms with Crippen molar-refractivity contribution in [1.82, 2.24) is 4.90 Å². The Labute approximate surface area is 107 Å². The molecule has 0 aliphatic carbocycles. The Morgan fingerprint density at radius 3 is 2.87 bits per heavy atom. The third-order valence-corrected chi connectivity index (χ3v) is 2.46. The van der Waals surface area contributed by atoms with Crippen molar-refractivity contribution in [3.63, 3.8) is 0 Å². The Hall–Kier alpha value is -0.750. The minimum absolute atomic E-state index is 0. The number of hydrogen-bond acceptors (Lipinski definition) is 2. The molecule has 0 aromatic carbocycles. The van der Waals surface area contributed by atoms with Gasteiger partial charge in [0.25, 0.3) is 0 Å². The molecule has 0 radical (unpaired) electrons. The number of rotatable bonds is 2. The molecule has 0 bridgehead atoms. The summed E-state index contributed by atoms with van der Waals surface area (Å²) < 4.78 is 5.23. The molecule has 1 aliphatic rings. The summed E-state index contributed by atoms with van der Waals surface area (Å²) in [6, 6.07) is 3.85. The topological polar surface area (TPSA) is 20.8 Å². The maximum Gasteiger partial charge on any atom is 0.186 e. The van der Waals surface area contributed by atoms with Crippen molar-refractivity contribution in [3.8, 4) is 0 Å². The molecule has 0 saturated carbocycles. The normalized spacial score (nSPS) is 24.8. The van der Waals surface area contributed by atoms with Crippen molar-refractivity contribution < 1.29 is 33.3 Å². The lowest BCUT2D eigenvalue weighted by Crippen LogP contribution is -3.08. The molecule has 0 fully saturated rings. The number of halogens is 1. The highest BCUT2D eigenvalue weighted by molar-refractivity contribution is 5.42. The Bertz CT molecular complexity index is 333. The highest BCUT2D eigenvalue weighted by atomic mass is 127. The molecular formula is C11H15IN2O. The molecule has 82 valence electrons. The van der Waals surface area contributed by atoms with E-state index in [2.05, 4.69) is 37.5 Å². The first kappa shape index (κ1) is 12.3. The van der Waals surface area contributed by atoms with E-state index in [1.807, 2.05) is 18.2 Å². The minimum atomic E-state index is 0. The molecule has 0 spiro atoms. The highest BCUT2D eigenvalue weighted by Gasteiger charge is 2.21. The van der Waals surface area contributed by atoms with E-state index in [1.165, 1.54) is 4.90 Å². The van der Waals surface area contributed by atoms with Crippen molar-refractivity contribution in [2.45, 2.75) is 6.17 Å². The lowest BCUT2D eigenvalue weighted by atomic mass is 10.3. The molecule has 4 heteroatoms. The van der Waals surface area contributed by atoms with Gasteiger partial charge in [-0.05, 0) is 24.3 Å². The first-order chi connectivity index (χ1) is 6.77. The first-order valence-corrected chi connectivity index (χ1v) is 4.72. The van der Waals surface area contributed by atoms with Gasteiger partial charge >= 0.3 is 0 Å². The van der Waals surface area contributed by atoms with E-state index < -0.39 is 0 Å². The average Bonchev–Trinajstić information content (AvgIpc) is 2.76. The van der Waals surface area contributed by atoms with Crippen LogP contribution in [-0.4, -0.2) is 25.2 Å². The van der Waals surface area contributed by atoms with Gasteiger partial charge in [0.1, 0.15) is 12.0 Å². The van der Waals surface area contributed by atoms with Gasteiger partial charge in [-0.25, -0.2) is 0 Å². The van der Waals surface area contributed by atoms with Crippen molar-refractivity contribution >= 4 is 6.08 Å². The van der Waals surface area contributed by atoms with Crippen LogP contribution < -0.4 is 28.9 Å². The molecule has 2 heterocycles. The third-order valence-electron chi connectivity index (χ3n) is 2.46. The van der Waals surface area contributed by atoms with Crippen molar-refractivity contribution in [3.05, 3.63) is 42.6 Å². The van der Waals surface area contributed by atoms with Gasteiger partial charge in [-0.3, -0.25) is 4.90 Å². The summed E-state index contributed by atoms with van der Waals surface area (Å²) in [6.45, 7) is 0. The molecule has 2 rings (SSSR count). The maximum absolute atomic E-state index is 5.23. The molecule has 0 saturated heterocycles. The van der Waals surface area contributed by atoms with E-state index in [4.69, 9.17) is 4.42 Å². The second-order valence-corrected chi connectivity index (χ2v) is 3.54. The molecule has 1 aromatic rings. The van der Waals surface area contributed by atoms with Crippen LogP contribution in [0, 0.1) is 0 Å². The number of furan rings is 1. The molecular weight excluding hydrogens is 303 g/mol. The third kappa shape index (κ3) is 2.85. The number of likely N-dealkylation sites (N-methyl/N-ethyl adjacent to an activating group) is 2. The SMILES string of the molecule is CN1C=C[NH+](C)C1C=Cc1ccco1.[I-]. The van der Waals surface area contributed by atoms with Gasteiger partial charge in [-0.15, -0.1) is 0 Å². The standard InChI is InChI=1S/C11H14N2O.HI/c1-12-7-8-13(2)11(12)6-5-10-4-3-9-14-10;/h3-9,11H,1-2H3;1H. The van der Waals surface area contributed by atoms with Crippen molar-refractivity contribution in [2.75, 3.05) is 14.1 Å². The van der Waals surface area contributed by atoms with Crippen LogP contribution in [0.25, 0.3) is 6.08 Å². The summed E-state index contributed by atoms with van der Waals surface area (Å²) in [4.78, 5) is 3.53. The molecule has 1 aromatic heterocycles. The van der Waals surface area contributed by atoms with Crippen LogP contribution in [0.4, 0.5) is 0 Å². The van der Waals surface area contributed by atoms with Crippen LogP contribution in [0.2, 0.25) is 0 Å². The summed E-state index contributed by atoms with van der Waals surface area (Å²) in [6.07, 6.45) is 10.4. The van der Waals surface area contributed by atoms with Crippen LogP contribution in [0.3, 0.4) is 0 Å². The summed E-state index contributed by atoms with van der Waals surface area (Å²) in [5.74, 6) is 0.901. The zero-order valence-corrected chi connectivity index (χ0v) is 11.0. The number of nitrogens with one attached hydrogen (secondary N) is 1. The average molecular weight is 318 g/mol. The lowest BCUT2D eigenvalue weighted by Gasteiger charge is -2.18. The van der Waals surface area contributed by atoms with Crippen molar-refractivity contribution in [2.24, 2.45) is 0 Å². The van der Waals surface area contributed by atoms with E-state index in [-0.39, 0.29) is 24.0 Å². The summed E-state index contributed by atoms with van der Waals surface area (Å²) in [5, 5.41) is 0. The van der Waals surface area contributed by atoms with Crippen molar-refractivity contribution in [1.29, 1.82) is 0 Å². The van der Waals surface area contributed by atoms with Gasteiger partial charge < -0.3 is 33.3 Å². The molecule has 0 amide bonds. The van der Waals surface area contributed by atoms with E-state index in [9.17, 15) is 0 Å². The summed E-state index contributed by atoms with van der Waals surface area (Å²) >= 11 is 0. The Balaban J connectivity index is 0.00000112. The molecule has 2 unspecified atom stereocenters. The fourth-order valence-corrected chi connectivity index (χ4v) is 1.61. The van der Waals surface area contributed by atoms with Gasteiger partial charge in [0, 0.05) is 7.05 Å². The fraction of sp³-hybridized carbons (Fsp3) is 0.273. The number of nitrogens with zero attached hydrogens (tertiary/aromatic N) is 1. The number of hydrogen-bond donors (Lipinski definition) is 1. The van der Waals surface area contributed by atoms with Crippen LogP contribution in [0.1, 0.15) is 5.76 Å². The van der Waals surface area contributed by atoms with Gasteiger partial charge in [0.2, 0.25) is 0 Å². The minimum Gasteiger partial charge on any atom is -1.00 e. The molecule has 2 atom stereocenters. The monoisotopic (exact) mass is 318 g/mol. The van der Waals surface area contributed by atoms with Crippen LogP contribution in [0.5, 0.6) is 0 Å². The van der Waals surface area contributed by atoms with E-state index >= 15 is 0 Å². The number of quaternary nitrogens is 1. The molecule has 1 aliphatic heterocycles. The smallest absolute Gasteiger partial charge is 0.186 e. The quantitative estimate of drug-likeness (QED) is 0.612. The zero-order valence-electron chi connectivity index (χ0n) is 8.85. The molecule has 3 nitrogen and oxygen atoms in total. The van der Waals surface area contributed by atoms with Gasteiger partial charge in [0.15, 0.2) is 6.17 Å². The molecule has 15 heavy (non-hydrogen) atoms. The zero-order chi connectivity index (χ0) is 9.97. The van der Waals surface area contributed by atoms with Crippen LogP contribution in [-0.2, 0) is 0 Å². The highest BCUT2D eigenvalue weighted by Crippen LogP contribution is 2.05. The lowest BCUT2D eigenvalue weighted by molar-refractivity contribution is -0.848. The second kappa shape index (κ2) is 5.37. The fourth-order valence-electron chi connectivity index (χ4n) is 1.61. The predicted molar refractivity (Wildman–Crippen MR) is 55.3 cm³/mol. The summed E-state index contributed by atoms with van der Waals surface area (Å²) in [7, 11) is 4.21. The second-order valence-electron chi connectivity index (χ2n) is 3.54. The maximum atomic E-state index is 5.23. The van der Waals surface area contributed by atoms with Crippen LogP contribution in [0.15, 0.2) is 41.3 Å². The Morgan fingerprint density at radius 2 is 2.33 bits per heavy atom. The van der Waals surface area contributed by atoms with E-state index in [0.29, 0.717) is 6.17 Å². The first-order valence-electron chi connectivity index (χ1n) is 4.72. The van der Waals surface area contributed by atoms with Gasteiger partial charge in [0.05, 0.1) is 19.5 Å². The van der Waals surface area contributed by atoms with Gasteiger partial charge in [-0.1, -0.05) is 0 Å². The Kier molecular flexibility index (Phi) is 4.41. The van der Waals surface area contributed by atoms with E-state index in [1.54, 1.807) is 6.26 Å².